The molecule has 0 aromatic rings. The number of hydrogen-bond acceptors (Lipinski definition) is 8. The van der Waals surface area contributed by atoms with Crippen LogP contribution in [-0.2, 0) is 18.9 Å². The molecule has 2 amide bonds. The van der Waals surface area contributed by atoms with Crippen molar-refractivity contribution in [2.45, 2.75) is 65.6 Å². The van der Waals surface area contributed by atoms with E-state index in [1.807, 2.05) is 63.1 Å². The van der Waals surface area contributed by atoms with Crippen LogP contribution in [0.2, 0.25) is 0 Å². The van der Waals surface area contributed by atoms with Crippen molar-refractivity contribution in [1.82, 2.24) is 10.6 Å². The van der Waals surface area contributed by atoms with Crippen molar-refractivity contribution < 1.29 is 28.5 Å². The van der Waals surface area contributed by atoms with Gasteiger partial charge >= 0.3 is 12.2 Å². The van der Waals surface area contributed by atoms with E-state index in [0.29, 0.717) is 39.5 Å². The Kier molecular flexibility index (Phi) is 16.3. The minimum absolute atomic E-state index is 0.415. The van der Waals surface area contributed by atoms with Gasteiger partial charge in [-0.25, -0.2) is 9.59 Å². The standard InChI is InChI=1S/C20H40N2O6S2/c1-19(2,3)27-17(23)21-9-13-25-11-7-15-29-30-16-8-12-26-14-10-22-18(24)28-20(4,5)6/h7-16H2,1-6H3,(H,21,23)(H,22,24). The van der Waals surface area contributed by atoms with Crippen LogP contribution in [0.1, 0.15) is 54.4 Å². The highest BCUT2D eigenvalue weighted by atomic mass is 33.1. The van der Waals surface area contributed by atoms with Gasteiger partial charge < -0.3 is 29.6 Å². The lowest BCUT2D eigenvalue weighted by atomic mass is 10.2. The number of ether oxygens (including phenoxy) is 4. The Bertz CT molecular complexity index is 425. The number of rotatable bonds is 15. The Labute approximate surface area is 189 Å². The molecule has 0 rings (SSSR count). The molecule has 0 heterocycles. The van der Waals surface area contributed by atoms with Gasteiger partial charge in [-0.05, 0) is 54.4 Å². The minimum atomic E-state index is -0.481. The van der Waals surface area contributed by atoms with Crippen LogP contribution in [-0.4, -0.2) is 74.4 Å². The molecule has 0 saturated carbocycles. The van der Waals surface area contributed by atoms with Gasteiger partial charge in [0.2, 0.25) is 0 Å². The number of carbonyl (C=O) groups is 2. The second-order valence-corrected chi connectivity index (χ2v) is 11.1. The van der Waals surface area contributed by atoms with Gasteiger partial charge in [0.25, 0.3) is 0 Å². The van der Waals surface area contributed by atoms with E-state index >= 15 is 0 Å². The lowest BCUT2D eigenvalue weighted by molar-refractivity contribution is 0.0489. The third-order valence-corrected chi connectivity index (χ3v) is 5.52. The number of amides is 2. The van der Waals surface area contributed by atoms with Crippen molar-refractivity contribution in [2.24, 2.45) is 0 Å². The Morgan fingerprint density at radius 1 is 0.667 bits per heavy atom. The van der Waals surface area contributed by atoms with Gasteiger partial charge in [-0.15, -0.1) is 0 Å². The van der Waals surface area contributed by atoms with Crippen molar-refractivity contribution >= 4 is 33.8 Å². The maximum Gasteiger partial charge on any atom is 0.407 e. The summed E-state index contributed by atoms with van der Waals surface area (Å²) in [5.41, 5.74) is -0.962. The number of carbonyl (C=O) groups excluding carboxylic acids is 2. The summed E-state index contributed by atoms with van der Waals surface area (Å²) in [7, 11) is 3.65. The molecular formula is C20H40N2O6S2. The lowest BCUT2D eigenvalue weighted by Gasteiger charge is -2.19. The van der Waals surface area contributed by atoms with E-state index in [1.54, 1.807) is 0 Å². The molecule has 0 spiro atoms. The van der Waals surface area contributed by atoms with Crippen molar-refractivity contribution in [2.75, 3.05) is 51.0 Å². The van der Waals surface area contributed by atoms with Gasteiger partial charge in [0.15, 0.2) is 0 Å². The summed E-state index contributed by atoms with van der Waals surface area (Å²) in [5.74, 6) is 2.04. The molecule has 178 valence electrons. The van der Waals surface area contributed by atoms with Gasteiger partial charge in [0.1, 0.15) is 11.2 Å². The molecule has 0 aliphatic carbocycles. The van der Waals surface area contributed by atoms with Crippen molar-refractivity contribution in [3.05, 3.63) is 0 Å². The second kappa shape index (κ2) is 16.8. The van der Waals surface area contributed by atoms with E-state index in [9.17, 15) is 9.59 Å². The summed E-state index contributed by atoms with van der Waals surface area (Å²) in [6.45, 7) is 14.2. The molecule has 0 aromatic heterocycles. The first kappa shape index (κ1) is 29.2. The first-order chi connectivity index (χ1) is 14.0. The van der Waals surface area contributed by atoms with Gasteiger partial charge in [-0.1, -0.05) is 21.6 Å². The molecule has 0 aliphatic heterocycles. The van der Waals surface area contributed by atoms with Crippen LogP contribution in [0.25, 0.3) is 0 Å². The van der Waals surface area contributed by atoms with Crippen LogP contribution in [0, 0.1) is 0 Å². The van der Waals surface area contributed by atoms with Crippen molar-refractivity contribution in [3.63, 3.8) is 0 Å². The van der Waals surface area contributed by atoms with Crippen LogP contribution in [0.15, 0.2) is 0 Å². The average molecular weight is 469 g/mol. The Morgan fingerprint density at radius 2 is 1.03 bits per heavy atom. The van der Waals surface area contributed by atoms with E-state index in [0.717, 1.165) is 24.3 Å². The summed E-state index contributed by atoms with van der Waals surface area (Å²) in [5, 5.41) is 5.33. The van der Waals surface area contributed by atoms with Gasteiger partial charge in [0.05, 0.1) is 13.2 Å². The van der Waals surface area contributed by atoms with Crippen LogP contribution in [0.3, 0.4) is 0 Å². The second-order valence-electron chi connectivity index (χ2n) is 8.43. The van der Waals surface area contributed by atoms with Gasteiger partial charge in [-0.2, -0.15) is 0 Å². The monoisotopic (exact) mass is 468 g/mol. The number of nitrogens with one attached hydrogen (secondary N) is 2. The maximum absolute atomic E-state index is 11.4. The fraction of sp³-hybridized carbons (Fsp3) is 0.900. The predicted molar refractivity (Wildman–Crippen MR) is 124 cm³/mol. The zero-order valence-corrected chi connectivity index (χ0v) is 21.0. The highest BCUT2D eigenvalue weighted by Crippen LogP contribution is 2.22. The van der Waals surface area contributed by atoms with Crippen molar-refractivity contribution in [3.8, 4) is 0 Å². The van der Waals surface area contributed by atoms with Crippen LogP contribution in [0.4, 0.5) is 9.59 Å². The lowest BCUT2D eigenvalue weighted by Crippen LogP contribution is -2.34. The van der Waals surface area contributed by atoms with E-state index in [1.165, 1.54) is 0 Å². The molecule has 8 nitrogen and oxygen atoms in total. The van der Waals surface area contributed by atoms with E-state index in [4.69, 9.17) is 18.9 Å². The third-order valence-electron chi connectivity index (χ3n) is 2.95. The van der Waals surface area contributed by atoms with Crippen LogP contribution >= 0.6 is 21.6 Å². The zero-order chi connectivity index (χ0) is 22.9. The highest BCUT2D eigenvalue weighted by Gasteiger charge is 2.16. The van der Waals surface area contributed by atoms with E-state index in [-0.39, 0.29) is 0 Å². The summed E-state index contributed by atoms with van der Waals surface area (Å²) in [4.78, 5) is 22.9. The Balaban J connectivity index is 3.25. The largest absolute Gasteiger partial charge is 0.444 e. The molecule has 0 bridgehead atoms. The first-order valence-corrected chi connectivity index (χ1v) is 12.8. The fourth-order valence-electron chi connectivity index (χ4n) is 1.84. The molecule has 0 fully saturated rings. The summed E-state index contributed by atoms with van der Waals surface area (Å²) < 4.78 is 21.3. The molecule has 0 unspecified atom stereocenters. The Morgan fingerprint density at radius 3 is 1.37 bits per heavy atom. The van der Waals surface area contributed by atoms with Crippen LogP contribution < -0.4 is 10.6 Å². The average Bonchev–Trinajstić information content (AvgIpc) is 2.58. The molecule has 0 aliphatic rings. The first-order valence-electron chi connectivity index (χ1n) is 10.3. The third kappa shape index (κ3) is 23.4. The molecule has 0 atom stereocenters. The normalized spacial score (nSPS) is 11.8. The summed E-state index contributed by atoms with van der Waals surface area (Å²) in [6.07, 6.45) is 1.11. The minimum Gasteiger partial charge on any atom is -0.444 e. The van der Waals surface area contributed by atoms with Gasteiger partial charge in [0, 0.05) is 37.8 Å². The smallest absolute Gasteiger partial charge is 0.407 e. The molecule has 0 saturated heterocycles. The predicted octanol–water partition coefficient (Wildman–Crippen LogP) is 4.23. The molecule has 0 radical (unpaired) electrons. The highest BCUT2D eigenvalue weighted by molar-refractivity contribution is 8.76. The maximum atomic E-state index is 11.4. The van der Waals surface area contributed by atoms with E-state index < -0.39 is 23.4 Å². The van der Waals surface area contributed by atoms with Crippen LogP contribution in [0.5, 0.6) is 0 Å². The topological polar surface area (TPSA) is 95.1 Å². The molecule has 10 heteroatoms. The SMILES string of the molecule is CC(C)(C)OC(=O)NCCOCCCSSCCCOCCNC(=O)OC(C)(C)C. The fourth-order valence-corrected chi connectivity index (χ4v) is 3.96. The molecular weight excluding hydrogens is 428 g/mol. The van der Waals surface area contributed by atoms with Crippen molar-refractivity contribution in [1.29, 1.82) is 0 Å². The van der Waals surface area contributed by atoms with Gasteiger partial charge in [-0.3, -0.25) is 0 Å². The Hall–Kier alpha value is -0.840. The molecule has 30 heavy (non-hydrogen) atoms. The number of alkyl carbamates (subject to hydrolysis) is 2. The molecule has 2 N–H and O–H groups in total. The summed E-state index contributed by atoms with van der Waals surface area (Å²) >= 11 is 0. The molecule has 0 aromatic carbocycles. The number of hydrogen-bond donors (Lipinski definition) is 2. The quantitative estimate of drug-likeness (QED) is 0.272. The van der Waals surface area contributed by atoms with E-state index in [2.05, 4.69) is 10.6 Å². The summed E-state index contributed by atoms with van der Waals surface area (Å²) in [6, 6.07) is 0. The zero-order valence-electron chi connectivity index (χ0n) is 19.3.